The van der Waals surface area contributed by atoms with Crippen molar-refractivity contribution < 1.29 is 127 Å². The van der Waals surface area contributed by atoms with E-state index in [-0.39, 0.29) is 109 Å². The van der Waals surface area contributed by atoms with Gasteiger partial charge in [-0.3, -0.25) is 4.79 Å². The maximum absolute atomic E-state index is 10.6. The number of allylic oxidation sites excluding steroid dienone is 7. The first-order valence-electron chi connectivity index (χ1n) is 39.7. The molecule has 0 aliphatic carbocycles. The summed E-state index contributed by atoms with van der Waals surface area (Å²) < 4.78 is 0. The van der Waals surface area contributed by atoms with E-state index in [2.05, 4.69) is 22.0 Å². The molecule has 0 aromatic rings. The summed E-state index contributed by atoms with van der Waals surface area (Å²) >= 11 is 0. The highest BCUT2D eigenvalue weighted by molar-refractivity contribution is 5.94. The highest BCUT2D eigenvalue weighted by Crippen LogP contribution is 2.10. The molecule has 0 radical (unpaired) electrons. The van der Waals surface area contributed by atoms with Gasteiger partial charge >= 0.3 is 0 Å². The van der Waals surface area contributed by atoms with E-state index >= 15 is 0 Å². The van der Waals surface area contributed by atoms with Crippen molar-refractivity contribution in [2.75, 3.05) is 136 Å². The molecule has 37 N–H and O–H groups in total. The van der Waals surface area contributed by atoms with Gasteiger partial charge in [-0.25, -0.2) is 0 Å². The van der Waals surface area contributed by atoms with E-state index in [1.54, 1.807) is 128 Å². The van der Waals surface area contributed by atoms with Crippen LogP contribution in [-0.2, 0) is 4.79 Å². The van der Waals surface area contributed by atoms with Crippen molar-refractivity contribution in [3.05, 3.63) is 72.9 Å². The number of aliphatic hydroxyl groups excluding tert-OH is 24. The summed E-state index contributed by atoms with van der Waals surface area (Å²) in [7, 11) is 16.0. The fraction of sp³-hybridized carbons (Fsp3) is 0.835. The van der Waals surface area contributed by atoms with Gasteiger partial charge in [0.15, 0.2) is 5.78 Å². The summed E-state index contributed by atoms with van der Waals surface area (Å²) in [6.07, 6.45) is 19.6. The quantitative estimate of drug-likeness (QED) is 0.0153. The third-order valence-corrected chi connectivity index (χ3v) is 16.8. The molecular weight excluding hydrogens is 1500 g/mol. The number of unbranched alkanes of at least 4 members (excludes halogenated alkanes) is 1. The average Bonchev–Trinajstić information content (AvgIpc) is 0.906. The Bertz CT molecular complexity index is 2110. The minimum absolute atomic E-state index is 0.00231. The van der Waals surface area contributed by atoms with Crippen molar-refractivity contribution in [1.29, 1.82) is 0 Å². The minimum Gasteiger partial charge on any atom is -0.395 e. The van der Waals surface area contributed by atoms with Gasteiger partial charge in [0.25, 0.3) is 0 Å². The lowest BCUT2D eigenvalue weighted by Gasteiger charge is -2.29. The molecule has 0 aliphatic rings. The number of likely N-dealkylation sites (N-methyl/N-ethyl adjacent to an activating group) is 6. The van der Waals surface area contributed by atoms with E-state index in [1.807, 2.05) is 86.8 Å². The van der Waals surface area contributed by atoms with Crippen LogP contribution >= 0.6 is 0 Å². The number of hydrogen-bond acceptors (Lipinski definition) is 36. The van der Waals surface area contributed by atoms with Crippen LogP contribution in [0.4, 0.5) is 0 Å². The molecule has 36 heteroatoms. The van der Waals surface area contributed by atoms with Gasteiger partial charge < -0.3 is 182 Å². The summed E-state index contributed by atoms with van der Waals surface area (Å²) in [6, 6.07) is -4.65. The second-order valence-electron chi connectivity index (χ2n) is 27.0. The topological polar surface area (TPSA) is 679 Å². The number of carbonyl (C=O) groups is 1. The third kappa shape index (κ3) is 81.5. The van der Waals surface area contributed by atoms with Gasteiger partial charge in [0.2, 0.25) is 0 Å². The molecular formula is C79H177N11O25. The molecule has 0 aliphatic heterocycles. The molecule has 24 atom stereocenters. The van der Waals surface area contributed by atoms with Crippen molar-refractivity contribution in [3.63, 3.8) is 0 Å². The number of nitrogens with one attached hydrogen (secondary N) is 3. The van der Waals surface area contributed by atoms with E-state index in [0.29, 0.717) is 25.7 Å². The maximum atomic E-state index is 10.6. The van der Waals surface area contributed by atoms with E-state index in [4.69, 9.17) is 110 Å². The number of aliphatic hydroxyl groups is 24. The van der Waals surface area contributed by atoms with Crippen LogP contribution in [-0.4, -0.2) is 425 Å². The van der Waals surface area contributed by atoms with E-state index in [0.717, 1.165) is 44.9 Å². The lowest BCUT2D eigenvalue weighted by atomic mass is 10.0. The highest BCUT2D eigenvalue weighted by atomic mass is 16.4. The Kier molecular flexibility index (Phi) is 113. The SMILES string of the molecule is C/C=C/C(=O)C(N)CO.C/C=C/C(O)C(CO)N(C)C.C/C=C/C(O)C(CO)NC.C/C=C/C(O)C(N)CO.C/C=C\CC/C=C/C(O)C(N)CO.CCC(O)C(O)C(CO)N(C)C.CCC(O)C(O)C(CO)NC.CCC(O)C(O)C(N)CO.CCCC(O)C(CO)N(C)C.CCCC(O)C(CO)NC.CCCC(O)C(N)CO. The fourth-order valence-electron chi connectivity index (χ4n) is 8.52. The van der Waals surface area contributed by atoms with Crippen molar-refractivity contribution >= 4 is 5.78 Å². The number of nitrogens with two attached hydrogens (primary N) is 5. The summed E-state index contributed by atoms with van der Waals surface area (Å²) in [6.45, 7) is 18.9. The molecule has 0 bridgehead atoms. The van der Waals surface area contributed by atoms with Gasteiger partial charge in [-0.15, -0.1) is 0 Å². The van der Waals surface area contributed by atoms with Crippen LogP contribution in [0, 0.1) is 0 Å². The molecule has 0 rings (SSSR count). The molecule has 24 unspecified atom stereocenters. The van der Waals surface area contributed by atoms with Gasteiger partial charge in [-0.05, 0) is 155 Å². The van der Waals surface area contributed by atoms with Gasteiger partial charge in [-0.1, -0.05) is 128 Å². The summed E-state index contributed by atoms with van der Waals surface area (Å²) in [5, 5.41) is 223. The fourth-order valence-corrected chi connectivity index (χ4v) is 8.52. The summed E-state index contributed by atoms with van der Waals surface area (Å²) in [5.74, 6) is -0.236. The lowest BCUT2D eigenvalue weighted by molar-refractivity contribution is -0.116. The van der Waals surface area contributed by atoms with Crippen LogP contribution in [0.1, 0.15) is 147 Å². The number of carbonyl (C=O) groups excluding carboxylic acids is 1. The van der Waals surface area contributed by atoms with Crippen LogP contribution in [0.25, 0.3) is 0 Å². The van der Waals surface area contributed by atoms with Gasteiger partial charge in [0.05, 0.1) is 218 Å². The molecule has 0 fully saturated rings. The number of rotatable bonds is 48. The zero-order chi connectivity index (χ0) is 92.3. The van der Waals surface area contributed by atoms with Crippen LogP contribution in [0.5, 0.6) is 0 Å². The Hall–Kier alpha value is -3.29. The number of nitrogens with zero attached hydrogens (tertiary/aromatic N) is 3. The molecule has 698 valence electrons. The van der Waals surface area contributed by atoms with E-state index < -0.39 is 116 Å². The average molecular weight is 1680 g/mol. The monoisotopic (exact) mass is 1680 g/mol. The van der Waals surface area contributed by atoms with Crippen molar-refractivity contribution in [2.24, 2.45) is 28.7 Å². The highest BCUT2D eigenvalue weighted by Gasteiger charge is 2.27. The minimum atomic E-state index is -1.02. The Morgan fingerprint density at radius 1 is 0.322 bits per heavy atom. The molecule has 0 aromatic carbocycles. The predicted octanol–water partition coefficient (Wildman–Crippen LogP) is -5.94. The van der Waals surface area contributed by atoms with Gasteiger partial charge in [-0.2, -0.15) is 0 Å². The first kappa shape index (κ1) is 135. The van der Waals surface area contributed by atoms with Gasteiger partial charge in [0.1, 0.15) is 0 Å². The van der Waals surface area contributed by atoms with Crippen LogP contribution in [0.2, 0.25) is 0 Å². The second kappa shape index (κ2) is 96.2. The van der Waals surface area contributed by atoms with Crippen molar-refractivity contribution in [2.45, 2.75) is 293 Å². The van der Waals surface area contributed by atoms with Crippen molar-refractivity contribution in [1.82, 2.24) is 30.7 Å². The molecule has 0 aromatic heterocycles. The number of ketones is 1. The molecule has 0 saturated heterocycles. The zero-order valence-electron chi connectivity index (χ0n) is 73.7. The van der Waals surface area contributed by atoms with Crippen LogP contribution in [0.15, 0.2) is 72.9 Å². The predicted molar refractivity (Wildman–Crippen MR) is 460 cm³/mol. The Morgan fingerprint density at radius 2 is 0.661 bits per heavy atom. The number of hydrogen-bond donors (Lipinski definition) is 32. The van der Waals surface area contributed by atoms with Gasteiger partial charge in [0, 0.05) is 0 Å². The molecule has 36 nitrogen and oxygen atoms in total. The Morgan fingerprint density at radius 3 is 0.974 bits per heavy atom. The largest absolute Gasteiger partial charge is 0.395 e. The first-order valence-corrected chi connectivity index (χ1v) is 39.7. The lowest BCUT2D eigenvalue weighted by Crippen LogP contribution is -2.47. The molecule has 0 saturated carbocycles. The molecule has 0 amide bonds. The molecule has 0 heterocycles. The first-order chi connectivity index (χ1) is 54.0. The van der Waals surface area contributed by atoms with Crippen LogP contribution < -0.4 is 44.6 Å². The van der Waals surface area contributed by atoms with Crippen LogP contribution in [0.3, 0.4) is 0 Å². The molecule has 115 heavy (non-hydrogen) atoms. The Labute approximate surface area is 691 Å². The normalized spacial score (nSPS) is 17.7. The maximum Gasteiger partial charge on any atom is 0.174 e. The van der Waals surface area contributed by atoms with E-state index in [1.165, 1.54) is 6.08 Å². The Balaban J connectivity index is -0.000000115. The zero-order valence-corrected chi connectivity index (χ0v) is 73.7. The summed E-state index contributed by atoms with van der Waals surface area (Å²) in [4.78, 5) is 15.9. The second-order valence-corrected chi connectivity index (χ2v) is 27.0. The molecule has 0 spiro atoms. The summed E-state index contributed by atoms with van der Waals surface area (Å²) in [5.41, 5.74) is 26.3. The van der Waals surface area contributed by atoms with Crippen molar-refractivity contribution in [3.8, 4) is 0 Å². The standard InChI is InChI=1S/C10H19NO2.C8H19NO3.C8H19NO2.C8H17NO2.C7H17NO3.C7H17NO2.C7H15NO2.C6H15NO3.C6H15NO2.C6H13NO2.C6H11NO2/c1-2-3-4-5-6-7-10(13)9(11)8-12;1-4-7(11)8(12)6(5-10)9(2)3;2*1-4-5-8(11)7(6-10)9(2)3;1-3-6(10)7(11)5(4-9)8-2;2*1-3-4-7(10)6(5-9)8-2;1-2-5(9)6(10)4(7)3-8;3*1-2-3-6(9)5(7)4-8/h2-3,6-7,9-10,12-13H,4-5,8,11H2,1H3;6-8,10-12H,4-5H2,1-3H3;7-8,10-11H,4-6H2,1-3H3;4-5,7-8,10-11H,6H2,1-3H3;5-11H,3-4H2,1-2H3;6-10H,3-5H2,1-2H3;3-4,6-10H,5H2,1-2H3;4-6,8-10H,2-3,7H2,1H3;5-6,8-9H,2-4,7H2,1H3;2-3,5-6,8-9H,4,7H2,1H3;2-3,5,8H,4,7H2,1H3/b3-2-,7-6+;;;5-4+;;;4-3+;;;2*3-2+. The third-order valence-electron chi connectivity index (χ3n) is 16.8. The smallest absolute Gasteiger partial charge is 0.174 e. The van der Waals surface area contributed by atoms with E-state index in [9.17, 15) is 45.6 Å².